The van der Waals surface area contributed by atoms with Crippen LogP contribution in [0.3, 0.4) is 0 Å². The van der Waals surface area contributed by atoms with E-state index in [-0.39, 0.29) is 30.0 Å². The summed E-state index contributed by atoms with van der Waals surface area (Å²) in [6, 6.07) is 5.43. The second-order valence-corrected chi connectivity index (χ2v) is 8.20. The van der Waals surface area contributed by atoms with Gasteiger partial charge in [0.15, 0.2) is 0 Å². The Hall–Kier alpha value is -2.41. The fourth-order valence-electron chi connectivity index (χ4n) is 4.67. The Morgan fingerprint density at radius 1 is 1.19 bits per heavy atom. The van der Waals surface area contributed by atoms with Crippen LogP contribution in [0.25, 0.3) is 0 Å². The number of fused-ring (bicyclic) bond motifs is 1. The summed E-state index contributed by atoms with van der Waals surface area (Å²) in [6.45, 7) is 7.25. The van der Waals surface area contributed by atoms with Crippen LogP contribution in [0.1, 0.15) is 45.7 Å². The van der Waals surface area contributed by atoms with Crippen molar-refractivity contribution >= 4 is 17.8 Å². The number of carboxylic acids is 1. The van der Waals surface area contributed by atoms with Crippen molar-refractivity contribution in [3.8, 4) is 5.75 Å². The Bertz CT molecular complexity index is 790. The van der Waals surface area contributed by atoms with E-state index < -0.39 is 35.3 Å². The Morgan fingerprint density at radius 3 is 2.33 bits per heavy atom. The van der Waals surface area contributed by atoms with Gasteiger partial charge in [-0.1, -0.05) is 32.0 Å². The van der Waals surface area contributed by atoms with Crippen LogP contribution >= 0.6 is 0 Å². The predicted molar refractivity (Wildman–Crippen MR) is 97.8 cm³/mol. The molecule has 0 bridgehead atoms. The number of aromatic hydroxyl groups is 1. The number of carbonyl (C=O) groups is 3. The molecule has 2 heterocycles. The maximum atomic E-state index is 13.1. The minimum absolute atomic E-state index is 0.00614. The number of carbonyl (C=O) groups excluding carboxylic acids is 2. The highest BCUT2D eigenvalue weighted by molar-refractivity contribution is 6.09. The number of benzene rings is 1. The summed E-state index contributed by atoms with van der Waals surface area (Å²) < 4.78 is 0. The molecule has 3 N–H and O–H groups in total. The molecule has 1 aromatic carbocycles. The van der Waals surface area contributed by atoms with Gasteiger partial charge < -0.3 is 10.2 Å². The lowest BCUT2D eigenvalue weighted by Crippen LogP contribution is -2.56. The number of likely N-dealkylation sites (tertiary alicyclic amines) is 1. The van der Waals surface area contributed by atoms with Crippen LogP contribution in [0.15, 0.2) is 24.3 Å². The van der Waals surface area contributed by atoms with E-state index in [4.69, 9.17) is 0 Å². The number of hydrogen-bond donors (Lipinski definition) is 3. The second-order valence-electron chi connectivity index (χ2n) is 8.20. The molecule has 4 atom stereocenters. The Labute approximate surface area is 158 Å². The van der Waals surface area contributed by atoms with Crippen LogP contribution in [-0.2, 0) is 14.4 Å². The zero-order valence-electron chi connectivity index (χ0n) is 16.0. The molecule has 2 fully saturated rings. The van der Waals surface area contributed by atoms with E-state index in [1.165, 1.54) is 11.0 Å². The molecular weight excluding hydrogens is 348 g/mol. The molecule has 0 saturated carbocycles. The van der Waals surface area contributed by atoms with Gasteiger partial charge in [-0.25, -0.2) is 0 Å². The third kappa shape index (κ3) is 2.81. The van der Waals surface area contributed by atoms with Gasteiger partial charge in [0, 0.05) is 17.6 Å². The van der Waals surface area contributed by atoms with Crippen LogP contribution in [0.4, 0.5) is 0 Å². The molecule has 7 nitrogen and oxygen atoms in total. The van der Waals surface area contributed by atoms with E-state index in [0.717, 1.165) is 0 Å². The lowest BCUT2D eigenvalue weighted by Gasteiger charge is -2.33. The highest BCUT2D eigenvalue weighted by Crippen LogP contribution is 2.52. The number of nitrogens with one attached hydrogen (secondary N) is 1. The molecule has 1 aromatic rings. The zero-order valence-corrected chi connectivity index (χ0v) is 16.0. The van der Waals surface area contributed by atoms with Gasteiger partial charge in [-0.15, -0.1) is 0 Å². The van der Waals surface area contributed by atoms with E-state index >= 15 is 0 Å². The number of rotatable bonds is 5. The van der Waals surface area contributed by atoms with E-state index in [0.29, 0.717) is 5.56 Å². The maximum Gasteiger partial charge on any atom is 0.324 e. The fourth-order valence-corrected chi connectivity index (χ4v) is 4.67. The van der Waals surface area contributed by atoms with Crippen molar-refractivity contribution in [2.75, 3.05) is 0 Å². The summed E-state index contributed by atoms with van der Waals surface area (Å²) in [5, 5.41) is 23.5. The molecule has 0 unspecified atom stereocenters. The minimum atomic E-state index is -1.55. The van der Waals surface area contributed by atoms with Crippen LogP contribution in [0, 0.1) is 17.8 Å². The molecule has 0 spiro atoms. The monoisotopic (exact) mass is 374 g/mol. The topological polar surface area (TPSA) is 107 Å². The SMILES string of the molecule is CC(C)C[C@]1(C(=O)O)N[C@H](c2ccccc2O)[C@H]2C(=O)N(C(C)C)C(=O)[C@@H]21. The number of carboxylic acid groups (broad SMARTS) is 1. The quantitative estimate of drug-likeness (QED) is 0.680. The lowest BCUT2D eigenvalue weighted by atomic mass is 9.75. The van der Waals surface area contributed by atoms with Gasteiger partial charge in [0.05, 0.1) is 11.8 Å². The molecule has 27 heavy (non-hydrogen) atoms. The first-order chi connectivity index (χ1) is 12.6. The normalized spacial score (nSPS) is 30.4. The first kappa shape index (κ1) is 19.4. The second kappa shape index (κ2) is 6.64. The van der Waals surface area contributed by atoms with Crippen molar-refractivity contribution in [3.63, 3.8) is 0 Å². The highest BCUT2D eigenvalue weighted by Gasteiger charge is 2.68. The molecule has 0 aromatic heterocycles. The third-order valence-corrected chi connectivity index (χ3v) is 5.59. The largest absolute Gasteiger partial charge is 0.508 e. The van der Waals surface area contributed by atoms with Gasteiger partial charge in [0.1, 0.15) is 11.3 Å². The molecule has 2 amide bonds. The molecular formula is C20H26N2O5. The van der Waals surface area contributed by atoms with Crippen molar-refractivity contribution in [1.82, 2.24) is 10.2 Å². The van der Waals surface area contributed by atoms with Gasteiger partial charge in [-0.2, -0.15) is 0 Å². The fraction of sp³-hybridized carbons (Fsp3) is 0.550. The number of aliphatic carboxylic acids is 1. The third-order valence-electron chi connectivity index (χ3n) is 5.59. The van der Waals surface area contributed by atoms with Crippen LogP contribution in [-0.4, -0.2) is 44.5 Å². The van der Waals surface area contributed by atoms with Gasteiger partial charge in [-0.3, -0.25) is 24.6 Å². The molecule has 2 aliphatic heterocycles. The van der Waals surface area contributed by atoms with Crippen molar-refractivity contribution < 1.29 is 24.6 Å². The summed E-state index contributed by atoms with van der Waals surface area (Å²) >= 11 is 0. The molecule has 2 aliphatic rings. The number of imide groups is 1. The summed E-state index contributed by atoms with van der Waals surface area (Å²) in [7, 11) is 0. The van der Waals surface area contributed by atoms with Gasteiger partial charge in [-0.05, 0) is 32.3 Å². The molecule has 0 radical (unpaired) electrons. The molecule has 7 heteroatoms. The van der Waals surface area contributed by atoms with Crippen LogP contribution in [0.5, 0.6) is 5.75 Å². The van der Waals surface area contributed by atoms with E-state index in [2.05, 4.69) is 5.32 Å². The van der Waals surface area contributed by atoms with E-state index in [9.17, 15) is 24.6 Å². The molecule has 3 rings (SSSR count). The Balaban J connectivity index is 2.19. The van der Waals surface area contributed by atoms with Gasteiger partial charge in [0.2, 0.25) is 11.8 Å². The summed E-state index contributed by atoms with van der Waals surface area (Å²) in [5.74, 6) is -3.87. The Kier molecular flexibility index (Phi) is 4.76. The predicted octanol–water partition coefficient (Wildman–Crippen LogP) is 1.92. The smallest absolute Gasteiger partial charge is 0.324 e. The number of hydrogen-bond acceptors (Lipinski definition) is 5. The summed E-state index contributed by atoms with van der Waals surface area (Å²) in [4.78, 5) is 39.8. The number of phenols is 1. The standard InChI is InChI=1S/C20H26N2O5/c1-10(2)9-20(19(26)27)15-14(17(24)22(11(3)4)18(15)25)16(21-20)12-7-5-6-8-13(12)23/h5-8,10-11,14-16,21,23H,9H2,1-4H3,(H,26,27)/t14-,15+,16+,20-/m0/s1. The average Bonchev–Trinajstić information content (AvgIpc) is 3.03. The first-order valence-corrected chi connectivity index (χ1v) is 9.27. The minimum Gasteiger partial charge on any atom is -0.508 e. The molecule has 2 saturated heterocycles. The van der Waals surface area contributed by atoms with Crippen molar-refractivity contribution in [2.24, 2.45) is 17.8 Å². The lowest BCUT2D eigenvalue weighted by molar-refractivity contribution is -0.152. The van der Waals surface area contributed by atoms with Crippen molar-refractivity contribution in [1.29, 1.82) is 0 Å². The number of para-hydroxylation sites is 1. The van der Waals surface area contributed by atoms with E-state index in [1.807, 2.05) is 13.8 Å². The average molecular weight is 374 g/mol. The van der Waals surface area contributed by atoms with Crippen LogP contribution in [0.2, 0.25) is 0 Å². The molecule has 146 valence electrons. The molecule has 0 aliphatic carbocycles. The van der Waals surface area contributed by atoms with Crippen molar-refractivity contribution in [3.05, 3.63) is 29.8 Å². The number of nitrogens with zero attached hydrogens (tertiary/aromatic N) is 1. The number of phenolic OH excluding ortho intramolecular Hbond substituents is 1. The van der Waals surface area contributed by atoms with Crippen LogP contribution < -0.4 is 5.32 Å². The van der Waals surface area contributed by atoms with Crippen molar-refractivity contribution in [2.45, 2.75) is 51.7 Å². The van der Waals surface area contributed by atoms with E-state index in [1.54, 1.807) is 32.0 Å². The van der Waals surface area contributed by atoms with Gasteiger partial charge in [0.25, 0.3) is 0 Å². The zero-order chi connectivity index (χ0) is 20.1. The summed E-state index contributed by atoms with van der Waals surface area (Å²) in [5.41, 5.74) is -1.12. The van der Waals surface area contributed by atoms with Gasteiger partial charge >= 0.3 is 5.97 Å². The highest BCUT2D eigenvalue weighted by atomic mass is 16.4. The Morgan fingerprint density at radius 2 is 1.81 bits per heavy atom. The maximum absolute atomic E-state index is 13.1. The number of amides is 2. The summed E-state index contributed by atoms with van der Waals surface area (Å²) in [6.07, 6.45) is 0.207. The first-order valence-electron chi connectivity index (χ1n) is 9.27.